The summed E-state index contributed by atoms with van der Waals surface area (Å²) in [4.78, 5) is 56.2. The smallest absolute Gasteiger partial charge is 0.418 e. The Morgan fingerprint density at radius 3 is 2.42 bits per heavy atom. The van der Waals surface area contributed by atoms with Crippen LogP contribution in [-0.4, -0.2) is 57.4 Å². The van der Waals surface area contributed by atoms with Gasteiger partial charge in [-0.15, -0.1) is 0 Å². The Kier molecular flexibility index (Phi) is 7.67. The number of alkyl halides is 3. The van der Waals surface area contributed by atoms with Crippen molar-refractivity contribution in [3.05, 3.63) is 83.3 Å². The lowest BCUT2D eigenvalue weighted by atomic mass is 9.93. The van der Waals surface area contributed by atoms with Gasteiger partial charge < -0.3 is 15.0 Å². The van der Waals surface area contributed by atoms with Crippen molar-refractivity contribution in [2.24, 2.45) is 0 Å². The number of hydrogen-bond acceptors (Lipinski definition) is 6. The van der Waals surface area contributed by atoms with Gasteiger partial charge in [0, 0.05) is 37.2 Å². The van der Waals surface area contributed by atoms with Gasteiger partial charge in [0.25, 0.3) is 5.91 Å². The summed E-state index contributed by atoms with van der Waals surface area (Å²) in [5, 5.41) is 2.58. The number of rotatable bonds is 7. The first-order chi connectivity index (χ1) is 20.3. The molecule has 5 rings (SSSR count). The van der Waals surface area contributed by atoms with Crippen LogP contribution in [0.15, 0.2) is 60.8 Å². The van der Waals surface area contributed by atoms with Crippen molar-refractivity contribution in [3.63, 3.8) is 0 Å². The normalized spacial score (nSPS) is 18.4. The van der Waals surface area contributed by atoms with Gasteiger partial charge >= 0.3 is 12.3 Å². The first-order valence-electron chi connectivity index (χ1n) is 13.3. The number of anilines is 1. The summed E-state index contributed by atoms with van der Waals surface area (Å²) >= 11 is 0. The van der Waals surface area contributed by atoms with E-state index in [4.69, 9.17) is 4.74 Å². The number of aromatic nitrogens is 1. The lowest BCUT2D eigenvalue weighted by Crippen LogP contribution is -2.51. The zero-order chi connectivity index (χ0) is 31.1. The second kappa shape index (κ2) is 11.1. The van der Waals surface area contributed by atoms with Crippen LogP contribution in [0.1, 0.15) is 37.0 Å². The fourth-order valence-electron chi connectivity index (χ4n) is 5.28. The molecule has 1 aromatic heterocycles. The van der Waals surface area contributed by atoms with Gasteiger partial charge in [-0.2, -0.15) is 13.2 Å². The lowest BCUT2D eigenvalue weighted by molar-refractivity contribution is -0.187. The van der Waals surface area contributed by atoms with E-state index in [2.05, 4.69) is 10.3 Å². The number of carbonyl (C=O) groups excluding carboxylic acids is 4. The average molecular weight is 599 g/mol. The maximum atomic E-state index is 13.7. The third-order valence-electron chi connectivity index (χ3n) is 7.58. The Labute approximate surface area is 243 Å². The number of carbonyl (C=O) groups is 4. The number of hydrogen-bond donors (Lipinski definition) is 1. The highest BCUT2D eigenvalue weighted by atomic mass is 19.4. The zero-order valence-corrected chi connectivity index (χ0v) is 23.1. The molecule has 0 radical (unpaired) electrons. The van der Waals surface area contributed by atoms with Crippen LogP contribution in [0.3, 0.4) is 0 Å². The maximum absolute atomic E-state index is 13.7. The van der Waals surface area contributed by atoms with Crippen LogP contribution < -0.4 is 5.32 Å². The van der Waals surface area contributed by atoms with Crippen molar-refractivity contribution in [1.82, 2.24) is 14.8 Å². The highest BCUT2D eigenvalue weighted by molar-refractivity contribution is 6.06. The van der Waals surface area contributed by atoms with Gasteiger partial charge in [-0.05, 0) is 54.3 Å². The lowest BCUT2D eigenvalue weighted by Gasteiger charge is -2.31. The first kappa shape index (κ1) is 29.7. The van der Waals surface area contributed by atoms with E-state index >= 15 is 0 Å². The van der Waals surface area contributed by atoms with Crippen LogP contribution in [0.5, 0.6) is 0 Å². The molecule has 1 saturated heterocycles. The summed E-state index contributed by atoms with van der Waals surface area (Å²) in [6.45, 7) is 0.683. The van der Waals surface area contributed by atoms with Crippen molar-refractivity contribution in [1.29, 1.82) is 0 Å². The monoisotopic (exact) mass is 598 g/mol. The van der Waals surface area contributed by atoms with Crippen molar-refractivity contribution < 1.29 is 41.5 Å². The van der Waals surface area contributed by atoms with E-state index in [0.717, 1.165) is 35.7 Å². The number of fused-ring (bicyclic) bond motifs is 2. The number of nitrogens with zero attached hydrogens (tertiary/aromatic N) is 3. The number of aryl methyl sites for hydroxylation is 1. The van der Waals surface area contributed by atoms with Crippen molar-refractivity contribution in [3.8, 4) is 11.1 Å². The van der Waals surface area contributed by atoms with Crippen LogP contribution in [-0.2, 0) is 37.7 Å². The molecule has 2 atom stereocenters. The highest BCUT2D eigenvalue weighted by Crippen LogP contribution is 2.46. The van der Waals surface area contributed by atoms with Crippen molar-refractivity contribution in [2.45, 2.75) is 51.1 Å². The van der Waals surface area contributed by atoms with E-state index in [9.17, 15) is 36.7 Å². The molecule has 1 N–H and O–H groups in total. The molecular weight excluding hydrogens is 572 g/mol. The average Bonchev–Trinajstić information content (AvgIpc) is 3.43. The summed E-state index contributed by atoms with van der Waals surface area (Å²) in [6.07, 6.45) is -3.89. The Hall–Kier alpha value is -4.81. The Morgan fingerprint density at radius 2 is 1.79 bits per heavy atom. The number of halogens is 4. The number of amides is 4. The van der Waals surface area contributed by atoms with Gasteiger partial charge in [-0.3, -0.25) is 14.4 Å². The van der Waals surface area contributed by atoms with Crippen molar-refractivity contribution in [2.75, 3.05) is 11.9 Å². The van der Waals surface area contributed by atoms with Crippen LogP contribution in [0.2, 0.25) is 0 Å². The van der Waals surface area contributed by atoms with Gasteiger partial charge in [-0.1, -0.05) is 30.3 Å². The van der Waals surface area contributed by atoms with Gasteiger partial charge in [0.1, 0.15) is 24.2 Å². The number of imide groups is 1. The van der Waals surface area contributed by atoms with Crippen molar-refractivity contribution >= 4 is 29.6 Å². The van der Waals surface area contributed by atoms with Gasteiger partial charge in [0.15, 0.2) is 0 Å². The molecule has 2 aromatic carbocycles. The summed E-state index contributed by atoms with van der Waals surface area (Å²) in [7, 11) is 0. The molecule has 2 heterocycles. The second-order valence-electron chi connectivity index (χ2n) is 10.4. The van der Waals surface area contributed by atoms with E-state index in [1.54, 1.807) is 30.5 Å². The molecule has 0 bridgehead atoms. The molecule has 13 heteroatoms. The van der Waals surface area contributed by atoms with E-state index < -0.39 is 54.6 Å². The van der Waals surface area contributed by atoms with E-state index in [0.29, 0.717) is 27.6 Å². The molecule has 43 heavy (non-hydrogen) atoms. The number of ether oxygens (including phenoxy) is 1. The topological polar surface area (TPSA) is 109 Å². The quantitative estimate of drug-likeness (QED) is 0.386. The van der Waals surface area contributed by atoms with Crippen LogP contribution in [0, 0.1) is 5.82 Å². The predicted molar refractivity (Wildman–Crippen MR) is 145 cm³/mol. The molecular formula is C30H26F4N4O5. The summed E-state index contributed by atoms with van der Waals surface area (Å²) < 4.78 is 59.9. The predicted octanol–water partition coefficient (Wildman–Crippen LogP) is 4.95. The number of benzene rings is 2. The van der Waals surface area contributed by atoms with E-state index in [1.165, 1.54) is 19.1 Å². The molecule has 3 aromatic rings. The third-order valence-corrected chi connectivity index (χ3v) is 7.58. The molecule has 1 fully saturated rings. The largest absolute Gasteiger partial charge is 0.427 e. The van der Waals surface area contributed by atoms with Gasteiger partial charge in [0.2, 0.25) is 17.4 Å². The molecule has 0 saturated carbocycles. The summed E-state index contributed by atoms with van der Waals surface area (Å²) in [5.74, 6) is -2.43. The number of nitrogens with one attached hydrogen (secondary N) is 1. The molecule has 224 valence electrons. The second-order valence-corrected chi connectivity index (χ2v) is 10.4. The van der Waals surface area contributed by atoms with Crippen LogP contribution in [0.4, 0.5) is 28.2 Å². The maximum Gasteiger partial charge on any atom is 0.418 e. The van der Waals surface area contributed by atoms with E-state index in [-0.39, 0.29) is 17.9 Å². The van der Waals surface area contributed by atoms with Crippen LogP contribution >= 0.6 is 0 Å². The highest BCUT2D eigenvalue weighted by Gasteiger charge is 2.58. The Bertz CT molecular complexity index is 1590. The standard InChI is InChI=1S/C30H26F4N4O5/c1-17(30(32,33)34)37(15-19-3-7-23(31)8-4-19)26(40)16-38-27(41)29(43-28(38)42)12-11-21-13-20(5-9-24(21)29)22-6-10-25(35-14-22)36-18(2)39/h3-10,13-14,17H,11-12,15-16H2,1-2H3,(H,35,36,39)/t17-,29+/m0/s1. The van der Waals surface area contributed by atoms with E-state index in [1.807, 2.05) is 6.07 Å². The molecule has 1 aliphatic heterocycles. The summed E-state index contributed by atoms with van der Waals surface area (Å²) in [6, 6.07) is 10.9. The SMILES string of the molecule is CC(=O)Nc1ccc(-c2ccc3c(c2)CC[C@@]32OC(=O)N(CC(=O)N(Cc3ccc(F)cc3)[C@@H](C)C(F)(F)F)C2=O)cn1. The minimum atomic E-state index is -4.80. The fraction of sp³-hybridized carbons (Fsp3) is 0.300. The minimum Gasteiger partial charge on any atom is -0.427 e. The molecule has 4 amide bonds. The number of pyridine rings is 1. The molecule has 2 aliphatic rings. The summed E-state index contributed by atoms with van der Waals surface area (Å²) in [5.41, 5.74) is 1.19. The minimum absolute atomic E-state index is 0.0962. The fourth-order valence-corrected chi connectivity index (χ4v) is 5.28. The third kappa shape index (κ3) is 5.79. The Morgan fingerprint density at radius 1 is 1.09 bits per heavy atom. The van der Waals surface area contributed by atoms with Crippen LogP contribution in [0.25, 0.3) is 11.1 Å². The first-order valence-corrected chi connectivity index (χ1v) is 13.3. The Balaban J connectivity index is 1.36. The molecule has 9 nitrogen and oxygen atoms in total. The molecule has 1 aliphatic carbocycles. The zero-order valence-electron chi connectivity index (χ0n) is 23.1. The molecule has 1 spiro atoms. The van der Waals surface area contributed by atoms with Gasteiger partial charge in [-0.25, -0.2) is 19.1 Å². The molecule has 0 unspecified atom stereocenters. The van der Waals surface area contributed by atoms with Gasteiger partial charge in [0.05, 0.1) is 0 Å².